The fraction of sp³-hybridized carbons (Fsp3) is 0.632. The van der Waals surface area contributed by atoms with Crippen LogP contribution in [0.15, 0.2) is 12.4 Å². The molecule has 3 rings (SSSR count). The topological polar surface area (TPSA) is 114 Å². The smallest absolute Gasteiger partial charge is 0.409 e. The van der Waals surface area contributed by atoms with Gasteiger partial charge in [0.05, 0.1) is 7.11 Å². The first kappa shape index (κ1) is 20.0. The second-order valence-corrected chi connectivity index (χ2v) is 7.28. The number of methoxy groups -OCH3 is 1. The van der Waals surface area contributed by atoms with Crippen molar-refractivity contribution in [2.75, 3.05) is 25.5 Å². The molecule has 1 aliphatic heterocycles. The molecular weight excluding hydrogens is 362 g/mol. The van der Waals surface area contributed by atoms with Crippen LogP contribution in [0.2, 0.25) is 0 Å². The molecule has 1 saturated heterocycles. The van der Waals surface area contributed by atoms with E-state index in [1.165, 1.54) is 19.5 Å². The average Bonchev–Trinajstić information content (AvgIpc) is 2.74. The molecule has 9 heteroatoms. The number of nitrogens with zero attached hydrogens (tertiary/aromatic N) is 3. The number of hydrogen-bond donors (Lipinski definition) is 2. The monoisotopic (exact) mass is 389 g/mol. The standard InChI is InChI=1S/C19H27N5O4/c1-28-19(27)24-11-7-14(8-12-24)22-18(26)15-16(21-10-9-20-15)23-17(25)13-5-3-2-4-6-13/h9-10,13-14H,2-8,11-12H2,1H3,(H,22,26)(H,21,23,25). The Morgan fingerprint density at radius 3 is 2.39 bits per heavy atom. The quantitative estimate of drug-likeness (QED) is 0.814. The molecule has 2 heterocycles. The number of carbonyl (C=O) groups is 3. The van der Waals surface area contributed by atoms with E-state index in [-0.39, 0.29) is 41.4 Å². The summed E-state index contributed by atoms with van der Waals surface area (Å²) in [7, 11) is 1.35. The van der Waals surface area contributed by atoms with Gasteiger partial charge in [0.2, 0.25) is 5.91 Å². The van der Waals surface area contributed by atoms with Crippen LogP contribution in [-0.4, -0.2) is 59.0 Å². The molecule has 2 fully saturated rings. The summed E-state index contributed by atoms with van der Waals surface area (Å²) in [4.78, 5) is 46.6. The Kier molecular flexibility index (Phi) is 6.78. The van der Waals surface area contributed by atoms with E-state index in [9.17, 15) is 14.4 Å². The Morgan fingerprint density at radius 1 is 1.04 bits per heavy atom. The van der Waals surface area contributed by atoms with Crippen LogP contribution in [0.4, 0.5) is 10.6 Å². The predicted molar refractivity (Wildman–Crippen MR) is 102 cm³/mol. The van der Waals surface area contributed by atoms with Crippen LogP contribution < -0.4 is 10.6 Å². The summed E-state index contributed by atoms with van der Waals surface area (Å²) in [6.45, 7) is 1.03. The number of anilines is 1. The molecule has 0 radical (unpaired) electrons. The van der Waals surface area contributed by atoms with Crippen molar-refractivity contribution < 1.29 is 19.1 Å². The van der Waals surface area contributed by atoms with Crippen molar-refractivity contribution >= 4 is 23.7 Å². The minimum Gasteiger partial charge on any atom is -0.453 e. The number of aromatic nitrogens is 2. The molecule has 2 N–H and O–H groups in total. The summed E-state index contributed by atoms with van der Waals surface area (Å²) in [5.41, 5.74) is 0.113. The number of nitrogens with one attached hydrogen (secondary N) is 2. The molecule has 1 aliphatic carbocycles. The van der Waals surface area contributed by atoms with E-state index in [0.29, 0.717) is 25.9 Å². The maximum atomic E-state index is 12.7. The molecule has 0 spiro atoms. The van der Waals surface area contributed by atoms with Gasteiger partial charge in [-0.15, -0.1) is 0 Å². The normalized spacial score (nSPS) is 18.4. The van der Waals surface area contributed by atoms with E-state index in [1.54, 1.807) is 4.90 Å². The number of amides is 3. The molecule has 0 unspecified atom stereocenters. The molecule has 1 aromatic heterocycles. The predicted octanol–water partition coefficient (Wildman–Crippen LogP) is 1.96. The minimum absolute atomic E-state index is 0.0330. The van der Waals surface area contributed by atoms with Crippen LogP contribution in [0.5, 0.6) is 0 Å². The lowest BCUT2D eigenvalue weighted by atomic mass is 9.89. The van der Waals surface area contributed by atoms with Gasteiger partial charge in [0, 0.05) is 37.4 Å². The first-order valence-corrected chi connectivity index (χ1v) is 9.84. The van der Waals surface area contributed by atoms with Crippen LogP contribution in [-0.2, 0) is 9.53 Å². The Morgan fingerprint density at radius 2 is 1.71 bits per heavy atom. The van der Waals surface area contributed by atoms with Gasteiger partial charge in [0.15, 0.2) is 11.5 Å². The summed E-state index contributed by atoms with van der Waals surface area (Å²) in [5, 5.41) is 5.72. The van der Waals surface area contributed by atoms with Crippen molar-refractivity contribution in [3.8, 4) is 0 Å². The summed E-state index contributed by atoms with van der Waals surface area (Å²) in [6.07, 6.45) is 8.80. The fourth-order valence-corrected chi connectivity index (χ4v) is 3.77. The zero-order valence-electron chi connectivity index (χ0n) is 16.1. The van der Waals surface area contributed by atoms with Crippen molar-refractivity contribution in [3.63, 3.8) is 0 Å². The van der Waals surface area contributed by atoms with Gasteiger partial charge in [0.1, 0.15) is 0 Å². The average molecular weight is 389 g/mol. The third kappa shape index (κ3) is 4.96. The Balaban J connectivity index is 1.58. The molecule has 2 aliphatic rings. The number of piperidine rings is 1. The Labute approximate surface area is 164 Å². The number of carbonyl (C=O) groups excluding carboxylic acids is 3. The van der Waals surface area contributed by atoms with Gasteiger partial charge in [-0.25, -0.2) is 14.8 Å². The highest BCUT2D eigenvalue weighted by Gasteiger charge is 2.27. The van der Waals surface area contributed by atoms with Crippen LogP contribution in [0.3, 0.4) is 0 Å². The van der Waals surface area contributed by atoms with Gasteiger partial charge in [-0.05, 0) is 25.7 Å². The van der Waals surface area contributed by atoms with Crippen molar-refractivity contribution in [1.29, 1.82) is 0 Å². The maximum Gasteiger partial charge on any atom is 0.409 e. The third-order valence-electron chi connectivity index (χ3n) is 5.39. The zero-order chi connectivity index (χ0) is 19.9. The number of rotatable bonds is 4. The Hall–Kier alpha value is -2.71. The molecule has 152 valence electrons. The van der Waals surface area contributed by atoms with Gasteiger partial charge in [-0.1, -0.05) is 19.3 Å². The van der Waals surface area contributed by atoms with Gasteiger partial charge in [-0.2, -0.15) is 0 Å². The van der Waals surface area contributed by atoms with E-state index < -0.39 is 0 Å². The van der Waals surface area contributed by atoms with Gasteiger partial charge >= 0.3 is 6.09 Å². The summed E-state index contributed by atoms with van der Waals surface area (Å²) >= 11 is 0. The maximum absolute atomic E-state index is 12.7. The van der Waals surface area contributed by atoms with Crippen molar-refractivity contribution in [2.45, 2.75) is 51.0 Å². The molecule has 0 bridgehead atoms. The lowest BCUT2D eigenvalue weighted by Crippen LogP contribution is -2.46. The highest BCUT2D eigenvalue weighted by molar-refractivity contribution is 6.01. The fourth-order valence-electron chi connectivity index (χ4n) is 3.77. The van der Waals surface area contributed by atoms with Crippen molar-refractivity contribution in [1.82, 2.24) is 20.2 Å². The van der Waals surface area contributed by atoms with Crippen LogP contribution in [0.25, 0.3) is 0 Å². The number of ether oxygens (including phenoxy) is 1. The second-order valence-electron chi connectivity index (χ2n) is 7.28. The first-order valence-electron chi connectivity index (χ1n) is 9.84. The van der Waals surface area contributed by atoms with Crippen LogP contribution in [0.1, 0.15) is 55.4 Å². The molecule has 0 aromatic carbocycles. The van der Waals surface area contributed by atoms with Crippen molar-refractivity contribution in [3.05, 3.63) is 18.1 Å². The number of likely N-dealkylation sites (tertiary alicyclic amines) is 1. The third-order valence-corrected chi connectivity index (χ3v) is 5.39. The molecular formula is C19H27N5O4. The molecule has 28 heavy (non-hydrogen) atoms. The van der Waals surface area contributed by atoms with E-state index in [0.717, 1.165) is 32.1 Å². The van der Waals surface area contributed by atoms with Crippen molar-refractivity contribution in [2.24, 2.45) is 5.92 Å². The van der Waals surface area contributed by atoms with E-state index in [4.69, 9.17) is 4.74 Å². The highest BCUT2D eigenvalue weighted by atomic mass is 16.5. The second kappa shape index (κ2) is 9.48. The highest BCUT2D eigenvalue weighted by Crippen LogP contribution is 2.25. The van der Waals surface area contributed by atoms with E-state index in [1.807, 2.05) is 0 Å². The van der Waals surface area contributed by atoms with Crippen LogP contribution >= 0.6 is 0 Å². The van der Waals surface area contributed by atoms with Gasteiger partial charge in [0.25, 0.3) is 5.91 Å². The SMILES string of the molecule is COC(=O)N1CCC(NC(=O)c2nccnc2NC(=O)C2CCCCC2)CC1. The van der Waals surface area contributed by atoms with Gasteiger partial charge < -0.3 is 20.3 Å². The minimum atomic E-state index is -0.372. The largest absolute Gasteiger partial charge is 0.453 e. The molecule has 1 saturated carbocycles. The Bertz CT molecular complexity index is 712. The van der Waals surface area contributed by atoms with Crippen LogP contribution in [0, 0.1) is 5.92 Å². The molecule has 1 aromatic rings. The van der Waals surface area contributed by atoms with E-state index >= 15 is 0 Å². The summed E-state index contributed by atoms with van der Waals surface area (Å²) < 4.78 is 4.72. The zero-order valence-corrected chi connectivity index (χ0v) is 16.1. The van der Waals surface area contributed by atoms with E-state index in [2.05, 4.69) is 20.6 Å². The lowest BCUT2D eigenvalue weighted by molar-refractivity contribution is -0.120. The first-order chi connectivity index (χ1) is 13.6. The summed E-state index contributed by atoms with van der Waals surface area (Å²) in [6, 6.07) is -0.0719. The van der Waals surface area contributed by atoms with Gasteiger partial charge in [-0.3, -0.25) is 9.59 Å². The molecule has 0 atom stereocenters. The number of hydrogen-bond acceptors (Lipinski definition) is 6. The molecule has 3 amide bonds. The lowest BCUT2D eigenvalue weighted by Gasteiger charge is -2.31. The summed E-state index contributed by atoms with van der Waals surface area (Å²) in [5.74, 6) is -0.305. The molecule has 9 nitrogen and oxygen atoms in total.